The van der Waals surface area contributed by atoms with Gasteiger partial charge in [0.25, 0.3) is 0 Å². The van der Waals surface area contributed by atoms with E-state index in [1.807, 2.05) is 18.2 Å². The Morgan fingerprint density at radius 1 is 1.04 bits per heavy atom. The maximum absolute atomic E-state index is 8.87. The first-order chi connectivity index (χ1) is 11.3. The molecule has 0 amide bonds. The minimum Gasteiger partial charge on any atom is -0.378 e. The highest BCUT2D eigenvalue weighted by atomic mass is 16.5. The van der Waals surface area contributed by atoms with Crippen molar-refractivity contribution in [1.29, 1.82) is 5.26 Å². The molecule has 0 aliphatic heterocycles. The number of nitriles is 1. The van der Waals surface area contributed by atoms with Gasteiger partial charge in [-0.05, 0) is 68.6 Å². The highest BCUT2D eigenvalue weighted by molar-refractivity contribution is 5.33. The van der Waals surface area contributed by atoms with E-state index in [0.717, 1.165) is 18.6 Å². The molecule has 23 heavy (non-hydrogen) atoms. The Kier molecular flexibility index (Phi) is 7.90. The first kappa shape index (κ1) is 17.8. The number of hydrogen-bond acceptors (Lipinski definition) is 2. The van der Waals surface area contributed by atoms with E-state index in [1.165, 1.54) is 56.9 Å². The Morgan fingerprint density at radius 3 is 2.39 bits per heavy atom. The third-order valence-corrected chi connectivity index (χ3v) is 4.84. The highest BCUT2D eigenvalue weighted by Crippen LogP contribution is 2.34. The van der Waals surface area contributed by atoms with Crippen LogP contribution in [0.2, 0.25) is 0 Å². The fourth-order valence-corrected chi connectivity index (χ4v) is 3.39. The van der Waals surface area contributed by atoms with Gasteiger partial charge in [0, 0.05) is 6.61 Å². The largest absolute Gasteiger partial charge is 0.378 e. The van der Waals surface area contributed by atoms with Gasteiger partial charge in [0.15, 0.2) is 0 Å². The molecule has 2 heteroatoms. The summed E-state index contributed by atoms with van der Waals surface area (Å²) in [6.45, 7) is 4.67. The minimum absolute atomic E-state index is 0.456. The first-order valence-corrected chi connectivity index (χ1v) is 9.06. The second-order valence-electron chi connectivity index (χ2n) is 6.57. The number of benzene rings is 1. The first-order valence-electron chi connectivity index (χ1n) is 9.06. The van der Waals surface area contributed by atoms with Crippen LogP contribution in [0, 0.1) is 11.3 Å². The number of rotatable bonds is 9. The molecule has 0 saturated heterocycles. The summed E-state index contributed by atoms with van der Waals surface area (Å²) in [5, 5.41) is 8.87. The number of nitrogens with zero attached hydrogens (tertiary/aromatic N) is 1. The topological polar surface area (TPSA) is 33.0 Å². The molecule has 0 aromatic heterocycles. The quantitative estimate of drug-likeness (QED) is 0.430. The van der Waals surface area contributed by atoms with Gasteiger partial charge >= 0.3 is 0 Å². The molecule has 2 rings (SSSR count). The lowest BCUT2D eigenvalue weighted by molar-refractivity contribution is 0.0226. The molecule has 1 aromatic carbocycles. The number of allylic oxidation sites excluding steroid dienone is 1. The molecule has 1 aliphatic carbocycles. The van der Waals surface area contributed by atoms with Gasteiger partial charge in [0.1, 0.15) is 0 Å². The molecule has 0 radical (unpaired) electrons. The monoisotopic (exact) mass is 311 g/mol. The molecule has 0 atom stereocenters. The smallest absolute Gasteiger partial charge is 0.0991 e. The van der Waals surface area contributed by atoms with Gasteiger partial charge in [0.2, 0.25) is 0 Å². The predicted molar refractivity (Wildman–Crippen MR) is 95.4 cm³/mol. The molecular formula is C21H29NO. The van der Waals surface area contributed by atoms with E-state index < -0.39 is 0 Å². The second kappa shape index (κ2) is 10.2. The lowest BCUT2D eigenvalue weighted by Gasteiger charge is -2.29. The van der Waals surface area contributed by atoms with E-state index in [0.29, 0.717) is 12.0 Å². The van der Waals surface area contributed by atoms with Crippen LogP contribution in [0.3, 0.4) is 0 Å². The average molecular weight is 311 g/mol. The molecule has 124 valence electrons. The molecule has 2 nitrogen and oxygen atoms in total. The maximum Gasteiger partial charge on any atom is 0.0991 e. The Balaban J connectivity index is 1.60. The van der Waals surface area contributed by atoms with E-state index in [9.17, 15) is 0 Å². The highest BCUT2D eigenvalue weighted by Gasteiger charge is 2.22. The molecular weight excluding hydrogens is 282 g/mol. The summed E-state index contributed by atoms with van der Waals surface area (Å²) in [5.41, 5.74) is 2.13. The standard InChI is InChI=1S/C21H29NO/c1-2-3-4-5-6-7-16-23-21-14-12-20(13-15-21)19-10-8-18(17-22)9-11-19/h2,8-11,20-21H,1,3-7,12-16H2/t20-,21-. The Labute approximate surface area is 141 Å². The summed E-state index contributed by atoms with van der Waals surface area (Å²) in [6.07, 6.45) is 13.4. The zero-order valence-electron chi connectivity index (χ0n) is 14.2. The fraction of sp³-hybridized carbons (Fsp3) is 0.571. The SMILES string of the molecule is C=CCCCCCCO[C@H]1CC[C@H](c2ccc(C#N)cc2)CC1. The Hall–Kier alpha value is -1.59. The van der Waals surface area contributed by atoms with Crippen LogP contribution in [0.15, 0.2) is 36.9 Å². The molecule has 0 bridgehead atoms. The van der Waals surface area contributed by atoms with Crippen molar-refractivity contribution in [3.8, 4) is 6.07 Å². The number of ether oxygens (including phenoxy) is 1. The summed E-state index contributed by atoms with van der Waals surface area (Å²) < 4.78 is 6.05. The van der Waals surface area contributed by atoms with E-state index in [4.69, 9.17) is 10.00 Å². The molecule has 1 aliphatic rings. The number of unbranched alkanes of at least 4 members (excludes halogenated alkanes) is 4. The normalized spacial score (nSPS) is 20.8. The third-order valence-electron chi connectivity index (χ3n) is 4.84. The van der Waals surface area contributed by atoms with Crippen molar-refractivity contribution in [2.75, 3.05) is 6.61 Å². The summed E-state index contributed by atoms with van der Waals surface area (Å²) in [6, 6.07) is 10.3. The Bertz CT molecular complexity index is 492. The van der Waals surface area contributed by atoms with Crippen LogP contribution < -0.4 is 0 Å². The van der Waals surface area contributed by atoms with Gasteiger partial charge in [0.05, 0.1) is 17.7 Å². The minimum atomic E-state index is 0.456. The van der Waals surface area contributed by atoms with Crippen LogP contribution in [0.4, 0.5) is 0 Å². The van der Waals surface area contributed by atoms with Gasteiger partial charge in [-0.25, -0.2) is 0 Å². The molecule has 0 heterocycles. The lowest BCUT2D eigenvalue weighted by atomic mass is 9.82. The molecule has 1 fully saturated rings. The summed E-state index contributed by atoms with van der Waals surface area (Å²) in [7, 11) is 0. The van der Waals surface area contributed by atoms with Crippen molar-refractivity contribution in [3.05, 3.63) is 48.0 Å². The predicted octanol–water partition coefficient (Wildman–Crippen LogP) is 5.74. The second-order valence-corrected chi connectivity index (χ2v) is 6.57. The van der Waals surface area contributed by atoms with Crippen molar-refractivity contribution in [3.63, 3.8) is 0 Å². The van der Waals surface area contributed by atoms with Crippen molar-refractivity contribution >= 4 is 0 Å². The lowest BCUT2D eigenvalue weighted by Crippen LogP contribution is -2.21. The molecule has 0 unspecified atom stereocenters. The molecule has 0 N–H and O–H groups in total. The van der Waals surface area contributed by atoms with Crippen molar-refractivity contribution in [1.82, 2.24) is 0 Å². The van der Waals surface area contributed by atoms with Crippen LogP contribution in [0.5, 0.6) is 0 Å². The van der Waals surface area contributed by atoms with Gasteiger partial charge < -0.3 is 4.74 Å². The average Bonchev–Trinajstić information content (AvgIpc) is 2.61. The Morgan fingerprint density at radius 2 is 1.74 bits per heavy atom. The van der Waals surface area contributed by atoms with Crippen molar-refractivity contribution < 1.29 is 4.74 Å². The van der Waals surface area contributed by atoms with Gasteiger partial charge in [-0.3, -0.25) is 0 Å². The molecule has 1 saturated carbocycles. The summed E-state index contributed by atoms with van der Waals surface area (Å²) in [4.78, 5) is 0. The van der Waals surface area contributed by atoms with Crippen LogP contribution in [-0.4, -0.2) is 12.7 Å². The van der Waals surface area contributed by atoms with Crippen LogP contribution in [-0.2, 0) is 4.74 Å². The van der Waals surface area contributed by atoms with Crippen molar-refractivity contribution in [2.24, 2.45) is 0 Å². The molecule has 0 spiro atoms. The zero-order chi connectivity index (χ0) is 16.3. The zero-order valence-corrected chi connectivity index (χ0v) is 14.2. The van der Waals surface area contributed by atoms with E-state index >= 15 is 0 Å². The summed E-state index contributed by atoms with van der Waals surface area (Å²) >= 11 is 0. The van der Waals surface area contributed by atoms with Gasteiger partial charge in [-0.15, -0.1) is 6.58 Å². The van der Waals surface area contributed by atoms with Crippen molar-refractivity contribution in [2.45, 2.75) is 69.8 Å². The molecule has 1 aromatic rings. The fourth-order valence-electron chi connectivity index (χ4n) is 3.39. The van der Waals surface area contributed by atoms with Crippen LogP contribution >= 0.6 is 0 Å². The van der Waals surface area contributed by atoms with Gasteiger partial charge in [-0.1, -0.05) is 31.1 Å². The van der Waals surface area contributed by atoms with E-state index in [-0.39, 0.29) is 0 Å². The van der Waals surface area contributed by atoms with E-state index in [2.05, 4.69) is 24.8 Å². The van der Waals surface area contributed by atoms with Crippen LogP contribution in [0.25, 0.3) is 0 Å². The summed E-state index contributed by atoms with van der Waals surface area (Å²) in [5.74, 6) is 0.640. The van der Waals surface area contributed by atoms with Crippen LogP contribution in [0.1, 0.15) is 74.8 Å². The number of hydrogen-bond donors (Lipinski definition) is 0. The maximum atomic E-state index is 8.87. The third kappa shape index (κ3) is 6.20. The van der Waals surface area contributed by atoms with Gasteiger partial charge in [-0.2, -0.15) is 5.26 Å². The van der Waals surface area contributed by atoms with E-state index in [1.54, 1.807) is 0 Å².